The van der Waals surface area contributed by atoms with Gasteiger partial charge in [-0.1, -0.05) is 24.7 Å². The number of ether oxygens (including phenoxy) is 1. The topological polar surface area (TPSA) is 43.4 Å². The fraction of sp³-hybridized carbons (Fsp3) is 0.200. The van der Waals surface area contributed by atoms with Crippen LogP contribution in [0.25, 0.3) is 0 Å². The van der Waals surface area contributed by atoms with E-state index in [0.29, 0.717) is 16.1 Å². The molecule has 0 spiro atoms. The van der Waals surface area contributed by atoms with Crippen LogP contribution < -0.4 is 5.19 Å². The molecular weight excluding hydrogens is 232 g/mol. The maximum atomic E-state index is 11.5. The molecule has 0 aliphatic carbocycles. The van der Waals surface area contributed by atoms with Crippen molar-refractivity contribution >= 4 is 37.5 Å². The van der Waals surface area contributed by atoms with Gasteiger partial charge in [0.1, 0.15) is 0 Å². The summed E-state index contributed by atoms with van der Waals surface area (Å²) in [4.78, 5) is 22.8. The Morgan fingerprint density at radius 3 is 2.47 bits per heavy atom. The zero-order valence-corrected chi connectivity index (χ0v) is 10.2. The summed E-state index contributed by atoms with van der Waals surface area (Å²) in [6.07, 6.45) is 0. The zero-order chi connectivity index (χ0) is 11.2. The Labute approximate surface area is 93.6 Å². The first-order valence-corrected chi connectivity index (χ1v) is 7.87. The molecule has 0 N–H and O–H groups in total. The first-order chi connectivity index (χ1) is 7.02. The molecule has 0 saturated heterocycles. The lowest BCUT2D eigenvalue weighted by molar-refractivity contribution is 0.0444. The number of halogens is 1. The summed E-state index contributed by atoms with van der Waals surface area (Å²) in [6, 6.07) is 3.20. The SMILES string of the molecule is C[SiH](C)c1c(Cl)ccc2c1C(=O)OC2=O. The van der Waals surface area contributed by atoms with Gasteiger partial charge in [-0.05, 0) is 17.3 Å². The monoisotopic (exact) mass is 240 g/mol. The van der Waals surface area contributed by atoms with Crippen molar-refractivity contribution in [3.05, 3.63) is 28.3 Å². The van der Waals surface area contributed by atoms with E-state index in [1.807, 2.05) is 0 Å². The van der Waals surface area contributed by atoms with Crippen LogP contribution in [0.2, 0.25) is 18.1 Å². The number of benzene rings is 1. The predicted molar refractivity (Wildman–Crippen MR) is 59.7 cm³/mol. The van der Waals surface area contributed by atoms with E-state index >= 15 is 0 Å². The first-order valence-electron chi connectivity index (χ1n) is 4.61. The van der Waals surface area contributed by atoms with Gasteiger partial charge in [0.15, 0.2) is 0 Å². The van der Waals surface area contributed by atoms with Gasteiger partial charge in [0.2, 0.25) is 0 Å². The third kappa shape index (κ3) is 1.50. The second-order valence-electron chi connectivity index (χ2n) is 3.72. The maximum absolute atomic E-state index is 11.5. The Morgan fingerprint density at radius 1 is 1.20 bits per heavy atom. The second kappa shape index (κ2) is 3.47. The molecule has 0 unspecified atom stereocenters. The molecule has 0 radical (unpaired) electrons. The van der Waals surface area contributed by atoms with Crippen molar-refractivity contribution in [3.8, 4) is 0 Å². The van der Waals surface area contributed by atoms with Crippen LogP contribution >= 0.6 is 11.6 Å². The molecule has 0 atom stereocenters. The van der Waals surface area contributed by atoms with E-state index in [0.717, 1.165) is 5.19 Å². The standard InChI is InChI=1S/C10H9ClO3Si/c1-15(2)8-6(11)4-3-5-7(8)10(13)14-9(5)12/h3-4,15H,1-2H3. The van der Waals surface area contributed by atoms with Gasteiger partial charge in [0.25, 0.3) is 0 Å². The van der Waals surface area contributed by atoms with Gasteiger partial charge in [0.05, 0.1) is 19.9 Å². The molecule has 0 fully saturated rings. The van der Waals surface area contributed by atoms with Crippen LogP contribution in [-0.2, 0) is 4.74 Å². The highest BCUT2D eigenvalue weighted by atomic mass is 35.5. The summed E-state index contributed by atoms with van der Waals surface area (Å²) in [5.41, 5.74) is 0.731. The van der Waals surface area contributed by atoms with E-state index in [2.05, 4.69) is 17.8 Å². The molecule has 2 rings (SSSR count). The summed E-state index contributed by atoms with van der Waals surface area (Å²) in [5, 5.41) is 1.38. The molecule has 15 heavy (non-hydrogen) atoms. The Hall–Kier alpha value is -1.13. The van der Waals surface area contributed by atoms with E-state index in [4.69, 9.17) is 11.6 Å². The minimum Gasteiger partial charge on any atom is -0.386 e. The Kier molecular flexibility index (Phi) is 2.40. The minimum atomic E-state index is -1.26. The molecule has 0 amide bonds. The van der Waals surface area contributed by atoms with Gasteiger partial charge >= 0.3 is 11.9 Å². The second-order valence-corrected chi connectivity index (χ2v) is 7.01. The predicted octanol–water partition coefficient (Wildman–Crippen LogP) is 1.34. The number of carbonyl (C=O) groups is 2. The zero-order valence-electron chi connectivity index (χ0n) is 8.33. The molecule has 1 aliphatic rings. The third-order valence-electron chi connectivity index (χ3n) is 2.38. The summed E-state index contributed by atoms with van der Waals surface area (Å²) < 4.78 is 4.56. The van der Waals surface area contributed by atoms with Crippen LogP contribution in [0.3, 0.4) is 0 Å². The number of fused-ring (bicyclic) bond motifs is 1. The lowest BCUT2D eigenvalue weighted by atomic mass is 10.1. The van der Waals surface area contributed by atoms with Crippen LogP contribution in [0.5, 0.6) is 0 Å². The first kappa shape index (κ1) is 10.4. The summed E-state index contributed by atoms with van der Waals surface area (Å²) >= 11 is 6.03. The highest BCUT2D eigenvalue weighted by Gasteiger charge is 2.33. The van der Waals surface area contributed by atoms with Crippen LogP contribution in [0.15, 0.2) is 12.1 Å². The highest BCUT2D eigenvalue weighted by Crippen LogP contribution is 2.22. The van der Waals surface area contributed by atoms with Crippen molar-refractivity contribution in [2.24, 2.45) is 0 Å². The highest BCUT2D eigenvalue weighted by molar-refractivity contribution is 6.74. The van der Waals surface area contributed by atoms with Gasteiger partial charge in [-0.15, -0.1) is 0 Å². The molecule has 0 bridgehead atoms. The van der Waals surface area contributed by atoms with Crippen molar-refractivity contribution in [2.45, 2.75) is 13.1 Å². The molecule has 5 heteroatoms. The molecule has 0 saturated carbocycles. The van der Waals surface area contributed by atoms with Crippen molar-refractivity contribution in [3.63, 3.8) is 0 Å². The average Bonchev–Trinajstić information content (AvgIpc) is 2.41. The average molecular weight is 241 g/mol. The van der Waals surface area contributed by atoms with Crippen LogP contribution in [0.4, 0.5) is 0 Å². The fourth-order valence-electron chi connectivity index (χ4n) is 1.74. The number of cyclic esters (lactones) is 2. The summed E-state index contributed by atoms with van der Waals surface area (Å²) in [6.45, 7) is 4.11. The number of carbonyl (C=O) groups excluding carboxylic acids is 2. The maximum Gasteiger partial charge on any atom is 0.346 e. The molecule has 1 aromatic rings. The van der Waals surface area contributed by atoms with Gasteiger partial charge < -0.3 is 4.74 Å². The van der Waals surface area contributed by atoms with Gasteiger partial charge in [-0.3, -0.25) is 0 Å². The molecule has 1 heterocycles. The number of esters is 2. The summed E-state index contributed by atoms with van der Waals surface area (Å²) in [7, 11) is -1.26. The van der Waals surface area contributed by atoms with Gasteiger partial charge in [-0.2, -0.15) is 0 Å². The lowest BCUT2D eigenvalue weighted by Crippen LogP contribution is -2.29. The van der Waals surface area contributed by atoms with Crippen molar-refractivity contribution in [1.29, 1.82) is 0 Å². The largest absolute Gasteiger partial charge is 0.386 e. The molecule has 1 aromatic carbocycles. The van der Waals surface area contributed by atoms with Crippen molar-refractivity contribution in [2.75, 3.05) is 0 Å². The van der Waals surface area contributed by atoms with E-state index in [1.54, 1.807) is 12.1 Å². The minimum absolute atomic E-state index is 0.348. The summed E-state index contributed by atoms with van der Waals surface area (Å²) in [5.74, 6) is -1.13. The van der Waals surface area contributed by atoms with E-state index < -0.39 is 20.7 Å². The van der Waals surface area contributed by atoms with Gasteiger partial charge in [0, 0.05) is 5.02 Å². The van der Waals surface area contributed by atoms with E-state index in [1.165, 1.54) is 0 Å². The quantitative estimate of drug-likeness (QED) is 0.423. The van der Waals surface area contributed by atoms with Crippen molar-refractivity contribution < 1.29 is 14.3 Å². The number of hydrogen-bond donors (Lipinski definition) is 0. The normalized spacial score (nSPS) is 14.4. The Balaban J connectivity index is 2.76. The van der Waals surface area contributed by atoms with Gasteiger partial charge in [-0.25, -0.2) is 9.59 Å². The Morgan fingerprint density at radius 2 is 1.87 bits per heavy atom. The fourth-order valence-corrected chi connectivity index (χ4v) is 4.05. The lowest BCUT2D eigenvalue weighted by Gasteiger charge is -2.09. The molecular formula is C10H9ClO3Si. The third-order valence-corrected chi connectivity index (χ3v) is 4.65. The molecule has 78 valence electrons. The smallest absolute Gasteiger partial charge is 0.346 e. The Bertz CT molecular complexity index is 468. The van der Waals surface area contributed by atoms with Crippen LogP contribution in [-0.4, -0.2) is 20.7 Å². The molecule has 1 aliphatic heterocycles. The number of hydrogen-bond acceptors (Lipinski definition) is 3. The van der Waals surface area contributed by atoms with Crippen LogP contribution in [0, 0.1) is 0 Å². The molecule has 0 aromatic heterocycles. The van der Waals surface area contributed by atoms with E-state index in [9.17, 15) is 9.59 Å². The number of rotatable bonds is 1. The molecule has 3 nitrogen and oxygen atoms in total. The van der Waals surface area contributed by atoms with Crippen LogP contribution in [0.1, 0.15) is 20.7 Å². The van der Waals surface area contributed by atoms with Crippen molar-refractivity contribution in [1.82, 2.24) is 0 Å². The van der Waals surface area contributed by atoms with E-state index in [-0.39, 0.29) is 0 Å².